The molecular weight excluding hydrogens is 240 g/mol. The summed E-state index contributed by atoms with van der Waals surface area (Å²) in [7, 11) is 0. The minimum Gasteiger partial charge on any atom is -0.392 e. The van der Waals surface area contributed by atoms with E-state index in [1.165, 1.54) is 0 Å². The highest BCUT2D eigenvalue weighted by Gasteiger charge is 2.18. The van der Waals surface area contributed by atoms with Crippen molar-refractivity contribution in [1.29, 1.82) is 0 Å². The van der Waals surface area contributed by atoms with Gasteiger partial charge in [-0.1, -0.05) is 26.1 Å². The summed E-state index contributed by atoms with van der Waals surface area (Å²) in [5, 5.41) is 6.77. The van der Waals surface area contributed by atoms with Gasteiger partial charge in [-0.05, 0) is 28.3 Å². The van der Waals surface area contributed by atoms with E-state index in [1.54, 1.807) is 11.3 Å². The summed E-state index contributed by atoms with van der Waals surface area (Å²) >= 11 is 6.51. The van der Waals surface area contributed by atoms with Crippen LogP contribution in [0.4, 0.5) is 0 Å². The molecule has 0 radical (unpaired) electrons. The fourth-order valence-corrected chi connectivity index (χ4v) is 2.37. The van der Waals surface area contributed by atoms with Gasteiger partial charge in [-0.3, -0.25) is 4.79 Å². The number of thiophene rings is 1. The maximum Gasteiger partial charge on any atom is 0.225 e. The van der Waals surface area contributed by atoms with Gasteiger partial charge in [0.2, 0.25) is 5.91 Å². The molecule has 0 spiro atoms. The van der Waals surface area contributed by atoms with Crippen molar-refractivity contribution in [1.82, 2.24) is 5.32 Å². The standard InChI is InChI=1S/C11H16N2OS2/c1-7(2)10(11(12)15)13-9(14)5-8-3-4-16-6-8/h3-4,6-7,10H,5H2,1-2H3,(H2,12,15)(H,13,14). The summed E-state index contributed by atoms with van der Waals surface area (Å²) < 4.78 is 0. The molecular formula is C11H16N2OS2. The molecule has 0 fully saturated rings. The number of nitrogens with two attached hydrogens (primary N) is 1. The molecule has 0 bridgehead atoms. The van der Waals surface area contributed by atoms with E-state index >= 15 is 0 Å². The Bertz CT molecular complexity index is 360. The van der Waals surface area contributed by atoms with E-state index in [0.717, 1.165) is 5.56 Å². The van der Waals surface area contributed by atoms with Crippen molar-refractivity contribution in [3.63, 3.8) is 0 Å². The minimum atomic E-state index is -0.221. The first kappa shape index (κ1) is 13.1. The number of carbonyl (C=O) groups is 1. The number of thiocarbonyl (C=S) groups is 1. The molecule has 0 aliphatic carbocycles. The van der Waals surface area contributed by atoms with Crippen LogP contribution in [0.2, 0.25) is 0 Å². The van der Waals surface area contributed by atoms with Gasteiger partial charge in [0.1, 0.15) is 0 Å². The summed E-state index contributed by atoms with van der Waals surface area (Å²) in [6.45, 7) is 3.96. The Hall–Kier alpha value is -0.940. The van der Waals surface area contributed by atoms with Crippen molar-refractivity contribution in [2.45, 2.75) is 26.3 Å². The average molecular weight is 256 g/mol. The Morgan fingerprint density at radius 2 is 2.31 bits per heavy atom. The van der Waals surface area contributed by atoms with E-state index in [9.17, 15) is 4.79 Å². The Balaban J connectivity index is 2.52. The van der Waals surface area contributed by atoms with Crippen molar-refractivity contribution in [3.8, 4) is 0 Å². The number of nitrogens with one attached hydrogen (secondary N) is 1. The van der Waals surface area contributed by atoms with E-state index in [4.69, 9.17) is 18.0 Å². The highest BCUT2D eigenvalue weighted by Crippen LogP contribution is 2.07. The molecule has 0 aliphatic rings. The first-order chi connectivity index (χ1) is 7.50. The molecule has 0 aromatic carbocycles. The van der Waals surface area contributed by atoms with E-state index in [-0.39, 0.29) is 17.9 Å². The van der Waals surface area contributed by atoms with Crippen LogP contribution in [0, 0.1) is 5.92 Å². The van der Waals surface area contributed by atoms with Crippen LogP contribution in [0.15, 0.2) is 16.8 Å². The topological polar surface area (TPSA) is 55.1 Å². The minimum absolute atomic E-state index is 0.0371. The van der Waals surface area contributed by atoms with E-state index in [0.29, 0.717) is 11.4 Å². The summed E-state index contributed by atoms with van der Waals surface area (Å²) in [6.07, 6.45) is 0.384. The lowest BCUT2D eigenvalue weighted by Crippen LogP contribution is -2.47. The molecule has 1 rings (SSSR count). The van der Waals surface area contributed by atoms with E-state index in [2.05, 4.69) is 5.32 Å². The maximum absolute atomic E-state index is 11.7. The molecule has 1 aromatic heterocycles. The van der Waals surface area contributed by atoms with E-state index in [1.807, 2.05) is 30.7 Å². The maximum atomic E-state index is 11.7. The number of carbonyl (C=O) groups excluding carboxylic acids is 1. The molecule has 16 heavy (non-hydrogen) atoms. The molecule has 1 unspecified atom stereocenters. The van der Waals surface area contributed by atoms with Crippen LogP contribution in [0.3, 0.4) is 0 Å². The van der Waals surface area contributed by atoms with Crippen LogP contribution in [0.1, 0.15) is 19.4 Å². The average Bonchev–Trinajstić information content (AvgIpc) is 2.65. The molecule has 0 saturated carbocycles. The molecule has 0 saturated heterocycles. The van der Waals surface area contributed by atoms with Crippen molar-refractivity contribution in [3.05, 3.63) is 22.4 Å². The zero-order valence-electron chi connectivity index (χ0n) is 9.40. The van der Waals surface area contributed by atoms with Gasteiger partial charge in [-0.2, -0.15) is 11.3 Å². The van der Waals surface area contributed by atoms with Crippen LogP contribution in [0.25, 0.3) is 0 Å². The highest BCUT2D eigenvalue weighted by atomic mass is 32.1. The lowest BCUT2D eigenvalue weighted by Gasteiger charge is -2.20. The van der Waals surface area contributed by atoms with E-state index < -0.39 is 0 Å². The van der Waals surface area contributed by atoms with Crippen molar-refractivity contribution in [2.24, 2.45) is 11.7 Å². The molecule has 88 valence electrons. The van der Waals surface area contributed by atoms with Gasteiger partial charge in [0.05, 0.1) is 17.5 Å². The van der Waals surface area contributed by atoms with Gasteiger partial charge in [0, 0.05) is 0 Å². The summed E-state index contributed by atoms with van der Waals surface area (Å²) in [4.78, 5) is 12.0. The fraction of sp³-hybridized carbons (Fsp3) is 0.455. The van der Waals surface area contributed by atoms with Gasteiger partial charge >= 0.3 is 0 Å². The molecule has 3 nitrogen and oxygen atoms in total. The molecule has 0 aliphatic heterocycles. The van der Waals surface area contributed by atoms with Crippen LogP contribution in [0.5, 0.6) is 0 Å². The Kier molecular flexibility index (Phi) is 4.89. The van der Waals surface area contributed by atoms with Crippen molar-refractivity contribution in [2.75, 3.05) is 0 Å². The zero-order chi connectivity index (χ0) is 12.1. The second-order valence-electron chi connectivity index (χ2n) is 4.00. The zero-order valence-corrected chi connectivity index (χ0v) is 11.0. The molecule has 1 heterocycles. The molecule has 1 atom stereocenters. The normalized spacial score (nSPS) is 12.4. The van der Waals surface area contributed by atoms with Crippen LogP contribution in [-0.2, 0) is 11.2 Å². The number of rotatable bonds is 5. The first-order valence-electron chi connectivity index (χ1n) is 5.10. The van der Waals surface area contributed by atoms with Gasteiger partial charge in [-0.15, -0.1) is 0 Å². The molecule has 1 amide bonds. The van der Waals surface area contributed by atoms with Crippen molar-refractivity contribution < 1.29 is 4.79 Å². The predicted octanol–water partition coefficient (Wildman–Crippen LogP) is 1.72. The number of amides is 1. The SMILES string of the molecule is CC(C)C(NC(=O)Cc1ccsc1)C(N)=S. The van der Waals surface area contributed by atoms with Gasteiger partial charge in [-0.25, -0.2) is 0 Å². The third-order valence-electron chi connectivity index (χ3n) is 2.23. The number of hydrogen-bond acceptors (Lipinski definition) is 3. The van der Waals surface area contributed by atoms with Gasteiger partial charge < -0.3 is 11.1 Å². The molecule has 3 N–H and O–H groups in total. The molecule has 1 aromatic rings. The third kappa shape index (κ3) is 3.90. The van der Waals surface area contributed by atoms with Gasteiger partial charge in [0.25, 0.3) is 0 Å². The van der Waals surface area contributed by atoms with Crippen LogP contribution >= 0.6 is 23.6 Å². The van der Waals surface area contributed by atoms with Gasteiger partial charge in [0.15, 0.2) is 0 Å². The second-order valence-corrected chi connectivity index (χ2v) is 5.25. The monoisotopic (exact) mass is 256 g/mol. The Labute approximate surface area is 105 Å². The fourth-order valence-electron chi connectivity index (χ4n) is 1.37. The summed E-state index contributed by atoms with van der Waals surface area (Å²) in [6, 6.07) is 1.72. The first-order valence-corrected chi connectivity index (χ1v) is 6.45. The Morgan fingerprint density at radius 3 is 2.75 bits per heavy atom. The molecule has 5 heteroatoms. The lowest BCUT2D eigenvalue weighted by atomic mass is 10.0. The third-order valence-corrected chi connectivity index (χ3v) is 3.22. The predicted molar refractivity (Wildman–Crippen MR) is 71.6 cm³/mol. The Morgan fingerprint density at radius 1 is 1.62 bits per heavy atom. The lowest BCUT2D eigenvalue weighted by molar-refractivity contribution is -0.120. The van der Waals surface area contributed by atoms with Crippen LogP contribution < -0.4 is 11.1 Å². The largest absolute Gasteiger partial charge is 0.392 e. The quantitative estimate of drug-likeness (QED) is 0.789. The summed E-state index contributed by atoms with van der Waals surface area (Å²) in [5.74, 6) is 0.175. The number of hydrogen-bond donors (Lipinski definition) is 2. The smallest absolute Gasteiger partial charge is 0.225 e. The second kappa shape index (κ2) is 5.96. The van der Waals surface area contributed by atoms with Crippen LogP contribution in [-0.4, -0.2) is 16.9 Å². The highest BCUT2D eigenvalue weighted by molar-refractivity contribution is 7.80. The van der Waals surface area contributed by atoms with Crippen molar-refractivity contribution >= 4 is 34.5 Å². The summed E-state index contributed by atoms with van der Waals surface area (Å²) in [5.41, 5.74) is 6.60.